The lowest BCUT2D eigenvalue weighted by molar-refractivity contribution is -0.130. The lowest BCUT2D eigenvalue weighted by Gasteiger charge is -2.24. The Bertz CT molecular complexity index is 1260. The van der Waals surface area contributed by atoms with Gasteiger partial charge in [0, 0.05) is 24.1 Å². The first-order valence-corrected chi connectivity index (χ1v) is 17.2. The third-order valence-corrected chi connectivity index (χ3v) is 8.21. The average Bonchev–Trinajstić information content (AvgIpc) is 3.39. The van der Waals surface area contributed by atoms with Gasteiger partial charge >= 0.3 is 6.09 Å². The molecule has 13 nitrogen and oxygen atoms in total. The van der Waals surface area contributed by atoms with E-state index in [2.05, 4.69) is 26.6 Å². The molecule has 2 atom stereocenters. The zero-order valence-electron chi connectivity index (χ0n) is 27.9. The molecule has 0 aliphatic heterocycles. The van der Waals surface area contributed by atoms with Crippen molar-refractivity contribution < 1.29 is 23.9 Å². The molecule has 0 spiro atoms. The van der Waals surface area contributed by atoms with Crippen LogP contribution in [0.4, 0.5) is 4.79 Å². The number of hydrogen-bond acceptors (Lipinski definition) is 9. The van der Waals surface area contributed by atoms with E-state index in [0.29, 0.717) is 38.9 Å². The van der Waals surface area contributed by atoms with Crippen molar-refractivity contribution in [2.75, 3.05) is 45.8 Å². The molecule has 0 saturated carbocycles. The van der Waals surface area contributed by atoms with Crippen LogP contribution >= 0.6 is 0 Å². The lowest BCUT2D eigenvalue weighted by atomic mass is 10.1. The van der Waals surface area contributed by atoms with Crippen LogP contribution in [0.15, 0.2) is 48.5 Å². The summed E-state index contributed by atoms with van der Waals surface area (Å²) in [7, 11) is 0. The molecule has 1 aliphatic rings. The van der Waals surface area contributed by atoms with Gasteiger partial charge in [-0.1, -0.05) is 48.5 Å². The van der Waals surface area contributed by atoms with E-state index in [0.717, 1.165) is 67.7 Å². The van der Waals surface area contributed by atoms with Crippen molar-refractivity contribution in [3.63, 3.8) is 0 Å². The van der Waals surface area contributed by atoms with Gasteiger partial charge in [0.05, 0.1) is 0 Å². The van der Waals surface area contributed by atoms with Gasteiger partial charge in [-0.15, -0.1) is 0 Å². The molecule has 0 heterocycles. The van der Waals surface area contributed by atoms with E-state index in [1.165, 1.54) is 0 Å². The zero-order chi connectivity index (χ0) is 34.6. The van der Waals surface area contributed by atoms with Gasteiger partial charge in [-0.05, 0) is 102 Å². The summed E-state index contributed by atoms with van der Waals surface area (Å²) in [5.41, 5.74) is 20.2. The minimum Gasteiger partial charge on any atom is -0.436 e. The first kappa shape index (κ1) is 38.4. The van der Waals surface area contributed by atoms with E-state index in [1.807, 2.05) is 48.5 Å². The van der Waals surface area contributed by atoms with E-state index in [4.69, 9.17) is 21.9 Å². The second-order valence-electron chi connectivity index (χ2n) is 12.0. The standard InChI is InChI=1S/C35H54N8O5/c36-18-6-5-15-29(43-35(47)48-32-27-13-3-1-11-25(27)26-12-2-4-14-28(26)32)34(46)42-30(16-17-31(38)44)33(45)41-24-10-23-40-21-8-7-20-39-22-9-19-37/h1-4,11-14,29-30,32,39-40H,5-10,15-24,36-37H2,(H2,38,44)(H,41,45)(H,42,46)(H,43,47). The van der Waals surface area contributed by atoms with Crippen molar-refractivity contribution in [2.24, 2.45) is 17.2 Å². The quantitative estimate of drug-likeness (QED) is 0.0762. The molecule has 13 heteroatoms. The first-order valence-electron chi connectivity index (χ1n) is 17.2. The molecular weight excluding hydrogens is 612 g/mol. The molecule has 1 aliphatic carbocycles. The zero-order valence-corrected chi connectivity index (χ0v) is 27.9. The van der Waals surface area contributed by atoms with E-state index in [9.17, 15) is 19.2 Å². The van der Waals surface area contributed by atoms with Crippen molar-refractivity contribution in [1.29, 1.82) is 0 Å². The predicted molar refractivity (Wildman–Crippen MR) is 187 cm³/mol. The Kier molecular flexibility index (Phi) is 17.4. The van der Waals surface area contributed by atoms with Crippen molar-refractivity contribution >= 4 is 23.8 Å². The van der Waals surface area contributed by atoms with E-state index >= 15 is 0 Å². The van der Waals surface area contributed by atoms with Gasteiger partial charge in [0.2, 0.25) is 17.7 Å². The Labute approximate surface area is 283 Å². The Morgan fingerprint density at radius 1 is 0.646 bits per heavy atom. The smallest absolute Gasteiger partial charge is 0.408 e. The average molecular weight is 667 g/mol. The predicted octanol–water partition coefficient (Wildman–Crippen LogP) is 1.55. The number of amides is 4. The number of carbonyl (C=O) groups is 4. The van der Waals surface area contributed by atoms with Crippen LogP contribution in [-0.4, -0.2) is 81.7 Å². The Morgan fingerprint density at radius 2 is 1.21 bits per heavy atom. The van der Waals surface area contributed by atoms with Crippen LogP contribution in [0.3, 0.4) is 0 Å². The second-order valence-corrected chi connectivity index (χ2v) is 12.0. The highest BCUT2D eigenvalue weighted by Crippen LogP contribution is 2.45. The summed E-state index contributed by atoms with van der Waals surface area (Å²) in [6.07, 6.45) is 3.84. The Morgan fingerprint density at radius 3 is 1.81 bits per heavy atom. The summed E-state index contributed by atoms with van der Waals surface area (Å²) in [6.45, 7) is 5.02. The number of carbonyl (C=O) groups excluding carboxylic acids is 4. The number of ether oxygens (including phenoxy) is 1. The van der Waals surface area contributed by atoms with E-state index in [1.54, 1.807) is 0 Å². The van der Waals surface area contributed by atoms with Crippen molar-refractivity contribution in [1.82, 2.24) is 26.6 Å². The summed E-state index contributed by atoms with van der Waals surface area (Å²) in [4.78, 5) is 51.4. The van der Waals surface area contributed by atoms with Gasteiger partial charge < -0.3 is 48.5 Å². The fourth-order valence-electron chi connectivity index (χ4n) is 5.63. The minimum absolute atomic E-state index is 0.0279. The minimum atomic E-state index is -1.01. The Hall–Kier alpha value is -4.04. The van der Waals surface area contributed by atoms with Gasteiger partial charge in [0.15, 0.2) is 6.10 Å². The fraction of sp³-hybridized carbons (Fsp3) is 0.543. The molecule has 2 aromatic rings. The first-order chi connectivity index (χ1) is 23.3. The van der Waals surface area contributed by atoms with E-state index in [-0.39, 0.29) is 19.3 Å². The number of benzene rings is 2. The van der Waals surface area contributed by atoms with Crippen molar-refractivity contribution in [3.05, 3.63) is 59.7 Å². The summed E-state index contributed by atoms with van der Waals surface area (Å²) < 4.78 is 5.90. The molecule has 0 saturated heterocycles. The molecule has 48 heavy (non-hydrogen) atoms. The fourth-order valence-corrected chi connectivity index (χ4v) is 5.63. The van der Waals surface area contributed by atoms with Crippen LogP contribution in [0.5, 0.6) is 0 Å². The maximum Gasteiger partial charge on any atom is 0.408 e. The number of fused-ring (bicyclic) bond motifs is 3. The molecule has 11 N–H and O–H groups in total. The van der Waals surface area contributed by atoms with Crippen molar-refractivity contribution in [3.8, 4) is 11.1 Å². The highest BCUT2D eigenvalue weighted by atomic mass is 16.6. The van der Waals surface area contributed by atoms with E-state index < -0.39 is 42.0 Å². The maximum absolute atomic E-state index is 13.5. The number of unbranched alkanes of at least 4 members (excludes halogenated alkanes) is 2. The summed E-state index contributed by atoms with van der Waals surface area (Å²) >= 11 is 0. The second kappa shape index (κ2) is 21.8. The van der Waals surface area contributed by atoms with Gasteiger partial charge in [0.25, 0.3) is 0 Å². The number of hydrogen-bond donors (Lipinski definition) is 8. The summed E-state index contributed by atoms with van der Waals surface area (Å²) in [5, 5.41) is 15.0. The van der Waals surface area contributed by atoms with Crippen LogP contribution < -0.4 is 43.8 Å². The van der Waals surface area contributed by atoms with Crippen LogP contribution in [0.1, 0.15) is 75.0 Å². The molecule has 4 amide bonds. The molecule has 264 valence electrons. The normalized spacial score (nSPS) is 13.2. The highest BCUT2D eigenvalue weighted by Gasteiger charge is 2.33. The Balaban J connectivity index is 1.53. The van der Waals surface area contributed by atoms with Crippen LogP contribution in [0.25, 0.3) is 11.1 Å². The molecule has 3 rings (SSSR count). The largest absolute Gasteiger partial charge is 0.436 e. The molecule has 0 bridgehead atoms. The number of rotatable bonds is 24. The highest BCUT2D eigenvalue weighted by molar-refractivity contribution is 5.91. The summed E-state index contributed by atoms with van der Waals surface area (Å²) in [5.74, 6) is -1.56. The van der Waals surface area contributed by atoms with Gasteiger partial charge in [-0.2, -0.15) is 0 Å². The van der Waals surface area contributed by atoms with Crippen LogP contribution in [0.2, 0.25) is 0 Å². The number of alkyl carbamates (subject to hydrolysis) is 1. The third-order valence-electron chi connectivity index (χ3n) is 8.21. The van der Waals surface area contributed by atoms with Gasteiger partial charge in [-0.25, -0.2) is 4.79 Å². The van der Waals surface area contributed by atoms with Gasteiger partial charge in [-0.3, -0.25) is 14.4 Å². The molecule has 0 fully saturated rings. The summed E-state index contributed by atoms with van der Waals surface area (Å²) in [6, 6.07) is 13.5. The number of nitrogens with two attached hydrogens (primary N) is 3. The molecule has 0 aromatic heterocycles. The third kappa shape index (κ3) is 12.9. The van der Waals surface area contributed by atoms with Crippen molar-refractivity contribution in [2.45, 2.75) is 76.0 Å². The van der Waals surface area contributed by atoms with Crippen LogP contribution in [0, 0.1) is 0 Å². The number of primary amides is 1. The lowest BCUT2D eigenvalue weighted by Crippen LogP contribution is -2.54. The SMILES string of the molecule is NCCCCC(NC(=O)OC1c2ccccc2-c2ccccc21)C(=O)NC(CCC(N)=O)C(=O)NCCCNCCCCNCCCN. The molecular formula is C35H54N8O5. The van der Waals surface area contributed by atoms with Gasteiger partial charge in [0.1, 0.15) is 12.1 Å². The maximum atomic E-state index is 13.5. The topological polar surface area (TPSA) is 216 Å². The monoisotopic (exact) mass is 666 g/mol. The molecule has 2 aromatic carbocycles. The molecule has 2 unspecified atom stereocenters. The number of nitrogens with one attached hydrogen (secondary N) is 5. The van der Waals surface area contributed by atoms with Crippen LogP contribution in [-0.2, 0) is 19.1 Å². The molecule has 0 radical (unpaired) electrons.